The summed E-state index contributed by atoms with van der Waals surface area (Å²) in [5.74, 6) is 0.665. The van der Waals surface area contributed by atoms with E-state index in [2.05, 4.69) is 19.2 Å². The predicted octanol–water partition coefficient (Wildman–Crippen LogP) is 1.04. The molecule has 1 aromatic heterocycles. The third-order valence-electron chi connectivity index (χ3n) is 5.10. The summed E-state index contributed by atoms with van der Waals surface area (Å²) in [6, 6.07) is 2.53. The van der Waals surface area contributed by atoms with Crippen molar-refractivity contribution in [3.05, 3.63) is 28.7 Å². The minimum absolute atomic E-state index is 0.00967. The molecule has 0 unspecified atom stereocenters. The first kappa shape index (κ1) is 19.7. The highest BCUT2D eigenvalue weighted by Gasteiger charge is 2.28. The van der Waals surface area contributed by atoms with Crippen LogP contribution in [-0.4, -0.2) is 43.3 Å². The zero-order chi connectivity index (χ0) is 18.8. The SMILES string of the molecule is C[C@H]1[C@@H](NC(=O)Cn2cc(S(=O)(=O)N(C)C)ccc2=O)CCC[C@@H]1C. The summed E-state index contributed by atoms with van der Waals surface area (Å²) in [7, 11) is -0.814. The number of aromatic nitrogens is 1. The smallest absolute Gasteiger partial charge is 0.251 e. The van der Waals surface area contributed by atoms with Crippen LogP contribution in [0.25, 0.3) is 0 Å². The molecule has 3 atom stereocenters. The lowest BCUT2D eigenvalue weighted by atomic mass is 9.78. The number of amides is 1. The van der Waals surface area contributed by atoms with Gasteiger partial charge in [-0.3, -0.25) is 9.59 Å². The highest BCUT2D eigenvalue weighted by molar-refractivity contribution is 7.89. The summed E-state index contributed by atoms with van der Waals surface area (Å²) < 4.78 is 26.6. The van der Waals surface area contributed by atoms with Gasteiger partial charge in [-0.25, -0.2) is 12.7 Å². The summed E-state index contributed by atoms with van der Waals surface area (Å²) >= 11 is 0. The van der Waals surface area contributed by atoms with Gasteiger partial charge < -0.3 is 9.88 Å². The maximum atomic E-state index is 12.3. The lowest BCUT2D eigenvalue weighted by molar-refractivity contribution is -0.123. The van der Waals surface area contributed by atoms with Gasteiger partial charge in [0.05, 0.1) is 4.90 Å². The van der Waals surface area contributed by atoms with E-state index in [-0.39, 0.29) is 23.4 Å². The number of hydrogen-bond donors (Lipinski definition) is 1. The van der Waals surface area contributed by atoms with Crippen LogP contribution in [0.3, 0.4) is 0 Å². The van der Waals surface area contributed by atoms with Gasteiger partial charge in [0.25, 0.3) is 5.56 Å². The topological polar surface area (TPSA) is 88.5 Å². The first-order chi connectivity index (χ1) is 11.6. The zero-order valence-electron chi connectivity index (χ0n) is 15.2. The molecule has 8 heteroatoms. The Morgan fingerprint density at radius 2 is 1.96 bits per heavy atom. The Morgan fingerprint density at radius 3 is 2.60 bits per heavy atom. The first-order valence-corrected chi connectivity index (χ1v) is 9.99. The molecule has 1 aliphatic carbocycles. The number of rotatable bonds is 5. The minimum atomic E-state index is -3.65. The third-order valence-corrected chi connectivity index (χ3v) is 6.90. The van der Waals surface area contributed by atoms with Crippen LogP contribution < -0.4 is 10.9 Å². The molecule has 0 aromatic carbocycles. The molecule has 1 N–H and O–H groups in total. The Hall–Kier alpha value is -1.67. The van der Waals surface area contributed by atoms with Crippen molar-refractivity contribution in [2.24, 2.45) is 11.8 Å². The van der Waals surface area contributed by atoms with Crippen molar-refractivity contribution in [1.82, 2.24) is 14.2 Å². The molecule has 0 bridgehead atoms. The van der Waals surface area contributed by atoms with Crippen molar-refractivity contribution in [2.75, 3.05) is 14.1 Å². The Kier molecular flexibility index (Phi) is 6.05. The van der Waals surface area contributed by atoms with Crippen LogP contribution in [0.2, 0.25) is 0 Å². The second-order valence-corrected chi connectivity index (χ2v) is 9.21. The van der Waals surface area contributed by atoms with Crippen molar-refractivity contribution >= 4 is 15.9 Å². The van der Waals surface area contributed by atoms with Crippen LogP contribution in [0.1, 0.15) is 33.1 Å². The van der Waals surface area contributed by atoms with E-state index in [9.17, 15) is 18.0 Å². The second-order valence-electron chi connectivity index (χ2n) is 7.06. The van der Waals surface area contributed by atoms with E-state index in [1.54, 1.807) is 0 Å². The van der Waals surface area contributed by atoms with Crippen LogP contribution in [0.4, 0.5) is 0 Å². The van der Waals surface area contributed by atoms with Crippen molar-refractivity contribution < 1.29 is 13.2 Å². The van der Waals surface area contributed by atoms with Crippen molar-refractivity contribution in [3.63, 3.8) is 0 Å². The molecule has 2 rings (SSSR count). The van der Waals surface area contributed by atoms with E-state index in [1.807, 2.05) is 0 Å². The Balaban J connectivity index is 2.14. The fraction of sp³-hybridized carbons (Fsp3) is 0.647. The van der Waals surface area contributed by atoms with Gasteiger partial charge in [-0.1, -0.05) is 26.7 Å². The number of carbonyl (C=O) groups excluding carboxylic acids is 1. The number of pyridine rings is 1. The van der Waals surface area contributed by atoms with Gasteiger partial charge in [0, 0.05) is 32.4 Å². The lowest BCUT2D eigenvalue weighted by Gasteiger charge is -2.34. The number of nitrogens with zero attached hydrogens (tertiary/aromatic N) is 2. The summed E-state index contributed by atoms with van der Waals surface area (Å²) in [6.45, 7) is 4.13. The van der Waals surface area contributed by atoms with Crippen molar-refractivity contribution in [2.45, 2.75) is 50.6 Å². The van der Waals surface area contributed by atoms with Crippen LogP contribution >= 0.6 is 0 Å². The molecule has 1 amide bonds. The molecular formula is C17H27N3O4S. The van der Waals surface area contributed by atoms with Gasteiger partial charge in [0.15, 0.2) is 0 Å². The highest BCUT2D eigenvalue weighted by atomic mass is 32.2. The number of nitrogens with one attached hydrogen (secondary N) is 1. The molecule has 140 valence electrons. The maximum Gasteiger partial charge on any atom is 0.251 e. The molecule has 7 nitrogen and oxygen atoms in total. The summed E-state index contributed by atoms with van der Waals surface area (Å²) in [6.07, 6.45) is 4.40. The van der Waals surface area contributed by atoms with Crippen LogP contribution in [0, 0.1) is 11.8 Å². The molecule has 0 aliphatic heterocycles. The fourth-order valence-electron chi connectivity index (χ4n) is 3.19. The number of hydrogen-bond acceptors (Lipinski definition) is 4. The minimum Gasteiger partial charge on any atom is -0.352 e. The Bertz CT molecular complexity index is 785. The predicted molar refractivity (Wildman–Crippen MR) is 95.7 cm³/mol. The average molecular weight is 369 g/mol. The average Bonchev–Trinajstić information content (AvgIpc) is 2.53. The highest BCUT2D eigenvalue weighted by Crippen LogP contribution is 2.29. The van der Waals surface area contributed by atoms with Gasteiger partial charge in [0.2, 0.25) is 15.9 Å². The van der Waals surface area contributed by atoms with Gasteiger partial charge in [-0.05, 0) is 24.3 Å². The standard InChI is InChI=1S/C17H27N3O4S/c1-12-6-5-7-15(13(12)2)18-16(21)11-20-10-14(8-9-17(20)22)25(23,24)19(3)4/h8-10,12-13,15H,5-7,11H2,1-4H3,(H,18,21)/t12-,13+,15-/m0/s1. The van der Waals surface area contributed by atoms with E-state index in [1.165, 1.54) is 32.4 Å². The van der Waals surface area contributed by atoms with Gasteiger partial charge in [-0.15, -0.1) is 0 Å². The monoisotopic (exact) mass is 369 g/mol. The molecule has 25 heavy (non-hydrogen) atoms. The van der Waals surface area contributed by atoms with Gasteiger partial charge in [0.1, 0.15) is 6.54 Å². The van der Waals surface area contributed by atoms with Crippen molar-refractivity contribution in [3.8, 4) is 0 Å². The van der Waals surface area contributed by atoms with Crippen LogP contribution in [0.5, 0.6) is 0 Å². The lowest BCUT2D eigenvalue weighted by Crippen LogP contribution is -2.45. The van der Waals surface area contributed by atoms with Gasteiger partial charge in [-0.2, -0.15) is 0 Å². The number of sulfonamides is 1. The fourth-order valence-corrected chi connectivity index (χ4v) is 4.11. The van der Waals surface area contributed by atoms with Crippen LogP contribution in [0.15, 0.2) is 28.0 Å². The normalized spacial score (nSPS) is 24.3. The second kappa shape index (κ2) is 7.70. The maximum absolute atomic E-state index is 12.3. The van der Waals surface area contributed by atoms with Crippen molar-refractivity contribution in [1.29, 1.82) is 0 Å². The Morgan fingerprint density at radius 1 is 1.28 bits per heavy atom. The molecule has 0 spiro atoms. The quantitative estimate of drug-likeness (QED) is 0.840. The molecule has 1 aliphatic rings. The van der Waals surface area contributed by atoms with Crippen LogP contribution in [-0.2, 0) is 21.4 Å². The van der Waals surface area contributed by atoms with E-state index >= 15 is 0 Å². The molecule has 0 saturated heterocycles. The van der Waals surface area contributed by atoms with E-state index in [4.69, 9.17) is 0 Å². The van der Waals surface area contributed by atoms with E-state index in [0.29, 0.717) is 11.8 Å². The summed E-state index contributed by atoms with van der Waals surface area (Å²) in [5.41, 5.74) is -0.405. The zero-order valence-corrected chi connectivity index (χ0v) is 16.0. The first-order valence-electron chi connectivity index (χ1n) is 8.55. The molecular weight excluding hydrogens is 342 g/mol. The number of carbonyl (C=O) groups is 1. The largest absolute Gasteiger partial charge is 0.352 e. The molecule has 1 heterocycles. The van der Waals surface area contributed by atoms with E-state index in [0.717, 1.165) is 28.1 Å². The summed E-state index contributed by atoms with van der Waals surface area (Å²) in [5, 5.41) is 3.00. The molecule has 1 fully saturated rings. The molecule has 0 radical (unpaired) electrons. The summed E-state index contributed by atoms with van der Waals surface area (Å²) in [4.78, 5) is 24.3. The van der Waals surface area contributed by atoms with E-state index < -0.39 is 15.6 Å². The molecule has 1 saturated carbocycles. The third kappa shape index (κ3) is 4.49. The molecule has 1 aromatic rings. The Labute approximate surface area is 149 Å². The van der Waals surface area contributed by atoms with Gasteiger partial charge >= 0.3 is 0 Å².